The van der Waals surface area contributed by atoms with Gasteiger partial charge in [-0.05, 0) is 19.1 Å². The molecule has 0 aromatic heterocycles. The van der Waals surface area contributed by atoms with Gasteiger partial charge in [0.1, 0.15) is 35.5 Å². The molecule has 0 aliphatic heterocycles. The van der Waals surface area contributed by atoms with E-state index in [2.05, 4.69) is 5.16 Å². The Morgan fingerprint density at radius 1 is 1.08 bits per heavy atom. The number of benzene rings is 2. The molecule has 24 heavy (non-hydrogen) atoms. The first-order valence-electron chi connectivity index (χ1n) is 7.28. The lowest BCUT2D eigenvalue weighted by Gasteiger charge is -2.10. The number of rotatable bonds is 8. The number of ether oxygens (including phenoxy) is 2. The Balaban J connectivity index is 1.94. The topological polar surface area (TPSA) is 40.0 Å². The molecular weight excluding hydrogens is 340 g/mol. The van der Waals surface area contributed by atoms with Crippen molar-refractivity contribution >= 4 is 17.8 Å². The highest BCUT2D eigenvalue weighted by molar-refractivity contribution is 6.32. The van der Waals surface area contributed by atoms with Crippen LogP contribution in [0.4, 0.5) is 8.78 Å². The maximum Gasteiger partial charge on any atom is 0.138 e. The summed E-state index contributed by atoms with van der Waals surface area (Å²) in [6.07, 6.45) is 2.17. The monoisotopic (exact) mass is 355 g/mol. The molecule has 0 aliphatic carbocycles. The van der Waals surface area contributed by atoms with Crippen LogP contribution in [0.1, 0.15) is 13.3 Å². The molecule has 2 rings (SSSR count). The van der Waals surface area contributed by atoms with Gasteiger partial charge in [-0.15, -0.1) is 0 Å². The van der Waals surface area contributed by atoms with Gasteiger partial charge in [0.15, 0.2) is 0 Å². The second-order valence-corrected chi connectivity index (χ2v) is 5.05. The molecule has 0 amide bonds. The van der Waals surface area contributed by atoms with Crippen molar-refractivity contribution in [3.63, 3.8) is 0 Å². The van der Waals surface area contributed by atoms with Gasteiger partial charge >= 0.3 is 0 Å². The van der Waals surface area contributed by atoms with E-state index in [-0.39, 0.29) is 5.75 Å². The first-order chi connectivity index (χ1) is 11.6. The molecule has 0 bridgehead atoms. The maximum atomic E-state index is 13.1. The van der Waals surface area contributed by atoms with Gasteiger partial charge in [0.25, 0.3) is 0 Å². The standard InChI is InChI=1S/C17H16ClF2NO3/c1-2-23-21-6-3-7-22-17-5-4-14(11-16(17)18)24-15-9-12(19)8-13(20)10-15/h4-6,8-11H,2-3,7H2,1H3. The molecule has 0 spiro atoms. The molecule has 0 heterocycles. The third-order valence-corrected chi connectivity index (χ3v) is 3.05. The van der Waals surface area contributed by atoms with Crippen LogP contribution in [0.5, 0.6) is 17.2 Å². The fourth-order valence-corrected chi connectivity index (χ4v) is 2.01. The lowest BCUT2D eigenvalue weighted by Crippen LogP contribution is -1.99. The summed E-state index contributed by atoms with van der Waals surface area (Å²) < 4.78 is 37.2. The summed E-state index contributed by atoms with van der Waals surface area (Å²) in [5, 5.41) is 4.02. The van der Waals surface area contributed by atoms with Crippen LogP contribution < -0.4 is 9.47 Å². The van der Waals surface area contributed by atoms with Gasteiger partial charge in [0.05, 0.1) is 11.6 Å². The quantitative estimate of drug-likeness (QED) is 0.371. The molecule has 4 nitrogen and oxygen atoms in total. The average molecular weight is 356 g/mol. The molecule has 0 saturated heterocycles. The van der Waals surface area contributed by atoms with E-state index >= 15 is 0 Å². The van der Waals surface area contributed by atoms with E-state index < -0.39 is 11.6 Å². The third-order valence-electron chi connectivity index (χ3n) is 2.76. The summed E-state index contributed by atoms with van der Waals surface area (Å²) in [6, 6.07) is 7.66. The molecule has 2 aromatic rings. The molecule has 0 fully saturated rings. The van der Waals surface area contributed by atoms with Crippen LogP contribution in [0.2, 0.25) is 5.02 Å². The van der Waals surface area contributed by atoms with E-state index in [1.54, 1.807) is 18.3 Å². The van der Waals surface area contributed by atoms with Crippen molar-refractivity contribution in [2.75, 3.05) is 13.2 Å². The van der Waals surface area contributed by atoms with Crippen LogP contribution in [-0.4, -0.2) is 19.4 Å². The van der Waals surface area contributed by atoms with Crippen LogP contribution in [0.3, 0.4) is 0 Å². The maximum absolute atomic E-state index is 13.1. The minimum absolute atomic E-state index is 0.0457. The molecule has 0 atom stereocenters. The largest absolute Gasteiger partial charge is 0.492 e. The van der Waals surface area contributed by atoms with Gasteiger partial charge < -0.3 is 14.3 Å². The number of hydrogen-bond acceptors (Lipinski definition) is 4. The van der Waals surface area contributed by atoms with Gasteiger partial charge in [0, 0.05) is 36.9 Å². The average Bonchev–Trinajstić information content (AvgIpc) is 2.51. The molecular formula is C17H16ClF2NO3. The van der Waals surface area contributed by atoms with Crippen molar-refractivity contribution in [1.29, 1.82) is 0 Å². The molecule has 0 saturated carbocycles. The SMILES string of the molecule is CCON=CCCOc1ccc(Oc2cc(F)cc(F)c2)cc1Cl. The van der Waals surface area contributed by atoms with Crippen LogP contribution in [-0.2, 0) is 4.84 Å². The summed E-state index contributed by atoms with van der Waals surface area (Å²) in [5.74, 6) is -0.576. The molecule has 2 aromatic carbocycles. The van der Waals surface area contributed by atoms with Crippen molar-refractivity contribution in [2.45, 2.75) is 13.3 Å². The predicted octanol–water partition coefficient (Wildman–Crippen LogP) is 5.20. The first-order valence-corrected chi connectivity index (χ1v) is 7.66. The van der Waals surface area contributed by atoms with Crippen molar-refractivity contribution in [1.82, 2.24) is 0 Å². The fourth-order valence-electron chi connectivity index (χ4n) is 1.79. The number of hydrogen-bond donors (Lipinski definition) is 0. The van der Waals surface area contributed by atoms with Crippen molar-refractivity contribution in [3.8, 4) is 17.2 Å². The highest BCUT2D eigenvalue weighted by Crippen LogP contribution is 2.31. The van der Waals surface area contributed by atoms with E-state index in [1.165, 1.54) is 6.07 Å². The van der Waals surface area contributed by atoms with Crippen LogP contribution in [0, 0.1) is 11.6 Å². The Labute approximate surface area is 143 Å². The van der Waals surface area contributed by atoms with Crippen LogP contribution in [0.25, 0.3) is 0 Å². The molecule has 0 unspecified atom stereocenters. The summed E-state index contributed by atoms with van der Waals surface area (Å²) in [7, 11) is 0. The second-order valence-electron chi connectivity index (χ2n) is 4.64. The predicted molar refractivity (Wildman–Crippen MR) is 88.1 cm³/mol. The minimum atomic E-state index is -0.718. The van der Waals surface area contributed by atoms with E-state index in [4.69, 9.17) is 25.9 Å². The van der Waals surface area contributed by atoms with E-state index in [9.17, 15) is 8.78 Å². The summed E-state index contributed by atoms with van der Waals surface area (Å²) >= 11 is 6.11. The van der Waals surface area contributed by atoms with Gasteiger partial charge in [-0.1, -0.05) is 16.8 Å². The summed E-state index contributed by atoms with van der Waals surface area (Å²) in [6.45, 7) is 2.74. The lowest BCUT2D eigenvalue weighted by atomic mass is 10.3. The number of nitrogens with zero attached hydrogens (tertiary/aromatic N) is 1. The Morgan fingerprint density at radius 2 is 1.83 bits per heavy atom. The Kier molecular flexibility index (Phi) is 6.81. The Morgan fingerprint density at radius 3 is 2.50 bits per heavy atom. The van der Waals surface area contributed by atoms with Crippen LogP contribution >= 0.6 is 11.6 Å². The summed E-state index contributed by atoms with van der Waals surface area (Å²) in [4.78, 5) is 4.82. The lowest BCUT2D eigenvalue weighted by molar-refractivity contribution is 0.159. The minimum Gasteiger partial charge on any atom is -0.492 e. The summed E-state index contributed by atoms with van der Waals surface area (Å²) in [5.41, 5.74) is 0. The molecule has 0 N–H and O–H groups in total. The van der Waals surface area contributed by atoms with E-state index in [1.807, 2.05) is 6.92 Å². The van der Waals surface area contributed by atoms with Crippen molar-refractivity contribution < 1.29 is 23.1 Å². The molecule has 0 radical (unpaired) electrons. The molecule has 128 valence electrons. The Bertz CT molecular complexity index is 690. The second kappa shape index (κ2) is 9.08. The van der Waals surface area contributed by atoms with Crippen molar-refractivity contribution in [2.24, 2.45) is 5.16 Å². The van der Waals surface area contributed by atoms with Gasteiger partial charge in [-0.3, -0.25) is 0 Å². The fraction of sp³-hybridized carbons (Fsp3) is 0.235. The highest BCUT2D eigenvalue weighted by Gasteiger charge is 2.07. The third kappa shape index (κ3) is 5.70. The van der Waals surface area contributed by atoms with Crippen molar-refractivity contribution in [3.05, 3.63) is 53.1 Å². The van der Waals surface area contributed by atoms with Gasteiger partial charge in [0.2, 0.25) is 0 Å². The normalized spacial score (nSPS) is 10.8. The highest BCUT2D eigenvalue weighted by atomic mass is 35.5. The van der Waals surface area contributed by atoms with Crippen LogP contribution in [0.15, 0.2) is 41.6 Å². The van der Waals surface area contributed by atoms with Gasteiger partial charge in [-0.25, -0.2) is 8.78 Å². The van der Waals surface area contributed by atoms with E-state index in [0.717, 1.165) is 18.2 Å². The smallest absolute Gasteiger partial charge is 0.138 e. The zero-order valence-corrected chi connectivity index (χ0v) is 13.7. The molecule has 7 heteroatoms. The first kappa shape index (κ1) is 18.0. The zero-order valence-electron chi connectivity index (χ0n) is 13.0. The number of halogens is 3. The number of oxime groups is 1. The Hall–Kier alpha value is -2.34. The zero-order chi connectivity index (χ0) is 17.4. The van der Waals surface area contributed by atoms with Gasteiger partial charge in [-0.2, -0.15) is 0 Å². The molecule has 0 aliphatic rings. The van der Waals surface area contributed by atoms with E-state index in [0.29, 0.717) is 36.2 Å².